The molecule has 2 aromatic rings. The van der Waals surface area contributed by atoms with Crippen molar-refractivity contribution in [1.29, 1.82) is 0 Å². The van der Waals surface area contributed by atoms with Gasteiger partial charge in [0.1, 0.15) is 5.69 Å². The number of nitrogens with one attached hydrogen (secondary N) is 1. The van der Waals surface area contributed by atoms with Crippen molar-refractivity contribution in [2.75, 3.05) is 24.3 Å². The van der Waals surface area contributed by atoms with E-state index in [1.165, 1.54) is 6.07 Å². The lowest BCUT2D eigenvalue weighted by atomic mass is 10.2. The van der Waals surface area contributed by atoms with E-state index in [1.54, 1.807) is 12.1 Å². The number of nitrogens with zero attached hydrogens (tertiary/aromatic N) is 2. The van der Waals surface area contributed by atoms with Gasteiger partial charge in [-0.15, -0.1) is 0 Å². The maximum atomic E-state index is 10.9. The number of hydrogen-bond donors (Lipinski definition) is 2. The molecule has 0 aliphatic carbocycles. The molecular weight excluding hydrogens is 254 g/mol. The molecular formula is C15H17N3O2. The lowest BCUT2D eigenvalue weighted by Crippen LogP contribution is -2.12. The fraction of sp³-hybridized carbons (Fsp3) is 0.200. The molecule has 0 bridgehead atoms. The van der Waals surface area contributed by atoms with Gasteiger partial charge in [-0.1, -0.05) is 18.2 Å². The first-order valence-electron chi connectivity index (χ1n) is 6.27. The van der Waals surface area contributed by atoms with Gasteiger partial charge in [0.15, 0.2) is 0 Å². The average molecular weight is 271 g/mol. The highest BCUT2D eigenvalue weighted by atomic mass is 16.4. The summed E-state index contributed by atoms with van der Waals surface area (Å²) in [7, 11) is 3.95. The molecule has 1 aromatic carbocycles. The third-order valence-electron chi connectivity index (χ3n) is 2.87. The van der Waals surface area contributed by atoms with Crippen molar-refractivity contribution in [3.05, 3.63) is 53.9 Å². The van der Waals surface area contributed by atoms with E-state index in [0.29, 0.717) is 12.2 Å². The monoisotopic (exact) mass is 271 g/mol. The van der Waals surface area contributed by atoms with E-state index in [4.69, 9.17) is 5.11 Å². The van der Waals surface area contributed by atoms with Crippen LogP contribution >= 0.6 is 0 Å². The maximum absolute atomic E-state index is 10.9. The zero-order chi connectivity index (χ0) is 14.5. The molecule has 0 saturated heterocycles. The Hall–Kier alpha value is -2.56. The van der Waals surface area contributed by atoms with E-state index in [1.807, 2.05) is 43.3 Å². The molecule has 2 N–H and O–H groups in total. The maximum Gasteiger partial charge on any atom is 0.354 e. The van der Waals surface area contributed by atoms with Crippen LogP contribution < -0.4 is 10.2 Å². The number of anilines is 2. The van der Waals surface area contributed by atoms with Crippen molar-refractivity contribution in [2.24, 2.45) is 0 Å². The first-order valence-corrected chi connectivity index (χ1v) is 6.27. The Morgan fingerprint density at radius 3 is 2.65 bits per heavy atom. The molecule has 0 atom stereocenters. The summed E-state index contributed by atoms with van der Waals surface area (Å²) >= 11 is 0. The van der Waals surface area contributed by atoms with Gasteiger partial charge < -0.3 is 15.3 Å². The number of para-hydroxylation sites is 2. The van der Waals surface area contributed by atoms with Crippen LogP contribution in [-0.2, 0) is 6.54 Å². The van der Waals surface area contributed by atoms with Crippen molar-refractivity contribution in [1.82, 2.24) is 4.98 Å². The largest absolute Gasteiger partial charge is 0.477 e. The number of aromatic nitrogens is 1. The van der Waals surface area contributed by atoms with Gasteiger partial charge in [-0.25, -0.2) is 9.78 Å². The van der Waals surface area contributed by atoms with Crippen LogP contribution in [0.4, 0.5) is 11.4 Å². The SMILES string of the molecule is CN(C)c1ccccc1NCc1cccc(C(=O)O)n1. The number of hydrogen-bond acceptors (Lipinski definition) is 4. The Bertz CT molecular complexity index is 612. The van der Waals surface area contributed by atoms with Crippen LogP contribution in [0.5, 0.6) is 0 Å². The molecule has 1 heterocycles. The molecule has 0 radical (unpaired) electrons. The minimum atomic E-state index is -1.01. The second-order valence-corrected chi connectivity index (χ2v) is 4.58. The molecule has 0 fully saturated rings. The zero-order valence-corrected chi connectivity index (χ0v) is 11.5. The van der Waals surface area contributed by atoms with Gasteiger partial charge in [0.05, 0.1) is 23.6 Å². The van der Waals surface area contributed by atoms with Crippen LogP contribution in [0.1, 0.15) is 16.2 Å². The summed E-state index contributed by atoms with van der Waals surface area (Å²) < 4.78 is 0. The Kier molecular flexibility index (Phi) is 4.20. The van der Waals surface area contributed by atoms with Crippen molar-refractivity contribution in [2.45, 2.75) is 6.54 Å². The van der Waals surface area contributed by atoms with Crippen molar-refractivity contribution >= 4 is 17.3 Å². The number of carbonyl (C=O) groups is 1. The molecule has 20 heavy (non-hydrogen) atoms. The topological polar surface area (TPSA) is 65.5 Å². The molecule has 5 heteroatoms. The average Bonchev–Trinajstić information content (AvgIpc) is 2.45. The Balaban J connectivity index is 2.13. The molecule has 0 aliphatic rings. The minimum Gasteiger partial charge on any atom is -0.477 e. The first-order chi connectivity index (χ1) is 9.58. The van der Waals surface area contributed by atoms with E-state index in [2.05, 4.69) is 10.3 Å². The van der Waals surface area contributed by atoms with E-state index in [-0.39, 0.29) is 5.69 Å². The summed E-state index contributed by atoms with van der Waals surface area (Å²) in [6, 6.07) is 12.9. The summed E-state index contributed by atoms with van der Waals surface area (Å²) in [6.07, 6.45) is 0. The molecule has 0 spiro atoms. The van der Waals surface area contributed by atoms with Crippen LogP contribution in [-0.4, -0.2) is 30.2 Å². The highest BCUT2D eigenvalue weighted by Crippen LogP contribution is 2.23. The van der Waals surface area contributed by atoms with Gasteiger partial charge >= 0.3 is 5.97 Å². The van der Waals surface area contributed by atoms with Gasteiger partial charge in [-0.3, -0.25) is 0 Å². The fourth-order valence-electron chi connectivity index (χ4n) is 1.90. The van der Waals surface area contributed by atoms with E-state index >= 15 is 0 Å². The molecule has 0 amide bonds. The number of rotatable bonds is 5. The smallest absolute Gasteiger partial charge is 0.354 e. The van der Waals surface area contributed by atoms with E-state index < -0.39 is 5.97 Å². The van der Waals surface area contributed by atoms with Crippen molar-refractivity contribution < 1.29 is 9.90 Å². The van der Waals surface area contributed by atoms with E-state index in [9.17, 15) is 4.79 Å². The zero-order valence-electron chi connectivity index (χ0n) is 11.5. The van der Waals surface area contributed by atoms with Crippen LogP contribution in [0.25, 0.3) is 0 Å². The van der Waals surface area contributed by atoms with Crippen molar-refractivity contribution in [3.63, 3.8) is 0 Å². The second kappa shape index (κ2) is 6.06. The molecule has 0 saturated carbocycles. The number of benzene rings is 1. The fourth-order valence-corrected chi connectivity index (χ4v) is 1.90. The predicted octanol–water partition coefficient (Wildman–Crippen LogP) is 2.46. The molecule has 0 aliphatic heterocycles. The third-order valence-corrected chi connectivity index (χ3v) is 2.87. The van der Waals surface area contributed by atoms with Crippen LogP contribution in [0.3, 0.4) is 0 Å². The van der Waals surface area contributed by atoms with Gasteiger partial charge in [-0.2, -0.15) is 0 Å². The minimum absolute atomic E-state index is 0.0604. The Morgan fingerprint density at radius 1 is 1.20 bits per heavy atom. The Morgan fingerprint density at radius 2 is 1.95 bits per heavy atom. The summed E-state index contributed by atoms with van der Waals surface area (Å²) in [5.41, 5.74) is 2.81. The van der Waals surface area contributed by atoms with Gasteiger partial charge in [0, 0.05) is 14.1 Å². The summed E-state index contributed by atoms with van der Waals surface area (Å²) in [6.45, 7) is 0.478. The first kappa shape index (κ1) is 13.9. The normalized spacial score (nSPS) is 10.1. The summed E-state index contributed by atoms with van der Waals surface area (Å²) in [4.78, 5) is 17.0. The number of aromatic carboxylic acids is 1. The lowest BCUT2D eigenvalue weighted by molar-refractivity contribution is 0.0690. The van der Waals surface area contributed by atoms with Crippen molar-refractivity contribution in [3.8, 4) is 0 Å². The standard InChI is InChI=1S/C15H17N3O2/c1-18(2)14-9-4-3-7-12(14)16-10-11-6-5-8-13(17-11)15(19)20/h3-9,16H,10H2,1-2H3,(H,19,20). The highest BCUT2D eigenvalue weighted by molar-refractivity contribution is 5.85. The lowest BCUT2D eigenvalue weighted by Gasteiger charge is -2.18. The Labute approximate surface area is 117 Å². The number of carboxylic acid groups (broad SMARTS) is 1. The predicted molar refractivity (Wildman–Crippen MR) is 79.3 cm³/mol. The summed E-state index contributed by atoms with van der Waals surface area (Å²) in [5.74, 6) is -1.01. The van der Waals surface area contributed by atoms with E-state index in [0.717, 1.165) is 11.4 Å². The highest BCUT2D eigenvalue weighted by Gasteiger charge is 2.06. The molecule has 2 rings (SSSR count). The molecule has 5 nitrogen and oxygen atoms in total. The quantitative estimate of drug-likeness (QED) is 0.874. The summed E-state index contributed by atoms with van der Waals surface area (Å²) in [5, 5.41) is 12.2. The van der Waals surface area contributed by atoms with Crippen LogP contribution in [0.15, 0.2) is 42.5 Å². The molecule has 104 valence electrons. The van der Waals surface area contributed by atoms with Crippen LogP contribution in [0.2, 0.25) is 0 Å². The van der Waals surface area contributed by atoms with Gasteiger partial charge in [0.25, 0.3) is 0 Å². The third kappa shape index (κ3) is 3.26. The molecule has 1 aromatic heterocycles. The van der Waals surface area contributed by atoms with Gasteiger partial charge in [0.2, 0.25) is 0 Å². The number of pyridine rings is 1. The second-order valence-electron chi connectivity index (χ2n) is 4.58. The van der Waals surface area contributed by atoms with Crippen LogP contribution in [0, 0.1) is 0 Å². The number of carboxylic acids is 1. The molecule has 0 unspecified atom stereocenters. The van der Waals surface area contributed by atoms with Gasteiger partial charge in [-0.05, 0) is 24.3 Å².